The summed E-state index contributed by atoms with van der Waals surface area (Å²) < 4.78 is 13.9. The molecule has 5 heteroatoms. The summed E-state index contributed by atoms with van der Waals surface area (Å²) in [5.41, 5.74) is 8.29. The second kappa shape index (κ2) is 7.09. The molecule has 2 atom stereocenters. The van der Waals surface area contributed by atoms with Gasteiger partial charge in [0.2, 0.25) is 5.91 Å². The Morgan fingerprint density at radius 2 is 2.21 bits per heavy atom. The Morgan fingerprint density at radius 1 is 1.38 bits per heavy atom. The average molecular weight is 327 g/mol. The van der Waals surface area contributed by atoms with Gasteiger partial charge in [0, 0.05) is 37.3 Å². The maximum absolute atomic E-state index is 13.9. The van der Waals surface area contributed by atoms with Crippen LogP contribution >= 0.6 is 0 Å². The number of likely N-dealkylation sites (tertiary alicyclic amines) is 1. The number of aromatic nitrogens is 1. The van der Waals surface area contributed by atoms with Gasteiger partial charge in [-0.05, 0) is 43.0 Å². The third-order valence-electron chi connectivity index (χ3n) is 4.71. The molecule has 2 aromatic rings. The summed E-state index contributed by atoms with van der Waals surface area (Å²) in [7, 11) is 1.84. The molecule has 1 saturated heterocycles. The van der Waals surface area contributed by atoms with Crippen LogP contribution in [0.2, 0.25) is 0 Å². The predicted octanol–water partition coefficient (Wildman–Crippen LogP) is 3.15. The first-order valence-corrected chi connectivity index (χ1v) is 8.27. The normalized spacial score (nSPS) is 18.9. The number of nitrogens with zero attached hydrogens (tertiary/aromatic N) is 2. The summed E-state index contributed by atoms with van der Waals surface area (Å²) >= 11 is 0. The van der Waals surface area contributed by atoms with Gasteiger partial charge < -0.3 is 10.6 Å². The lowest BCUT2D eigenvalue weighted by atomic mass is 9.94. The van der Waals surface area contributed by atoms with Crippen LogP contribution in [-0.2, 0) is 4.79 Å². The van der Waals surface area contributed by atoms with Crippen molar-refractivity contribution in [3.05, 3.63) is 54.0 Å². The maximum atomic E-state index is 13.9. The molecule has 2 unspecified atom stereocenters. The van der Waals surface area contributed by atoms with Crippen molar-refractivity contribution in [2.45, 2.75) is 25.3 Å². The third kappa shape index (κ3) is 3.46. The molecule has 1 fully saturated rings. The van der Waals surface area contributed by atoms with Crippen LogP contribution in [0.3, 0.4) is 0 Å². The van der Waals surface area contributed by atoms with Gasteiger partial charge >= 0.3 is 0 Å². The van der Waals surface area contributed by atoms with Crippen molar-refractivity contribution in [3.8, 4) is 11.3 Å². The number of halogens is 1. The van der Waals surface area contributed by atoms with E-state index in [0.29, 0.717) is 5.69 Å². The molecule has 3 rings (SSSR count). The molecule has 1 aromatic carbocycles. The summed E-state index contributed by atoms with van der Waals surface area (Å²) in [5.74, 6) is -0.0493. The Labute approximate surface area is 141 Å². The van der Waals surface area contributed by atoms with E-state index in [2.05, 4.69) is 4.98 Å². The van der Waals surface area contributed by atoms with Crippen LogP contribution in [0.1, 0.15) is 30.9 Å². The van der Waals surface area contributed by atoms with Gasteiger partial charge in [-0.3, -0.25) is 9.78 Å². The molecule has 0 bridgehead atoms. The van der Waals surface area contributed by atoms with Gasteiger partial charge in [-0.1, -0.05) is 18.2 Å². The van der Waals surface area contributed by atoms with Crippen LogP contribution in [0.15, 0.2) is 42.6 Å². The summed E-state index contributed by atoms with van der Waals surface area (Å²) in [6.07, 6.45) is 4.00. The van der Waals surface area contributed by atoms with E-state index in [0.717, 1.165) is 36.9 Å². The Kier molecular flexibility index (Phi) is 4.90. The number of nitrogens with two attached hydrogens (primary N) is 1. The van der Waals surface area contributed by atoms with Crippen molar-refractivity contribution in [2.75, 3.05) is 13.6 Å². The molecule has 126 valence electrons. The zero-order valence-electron chi connectivity index (χ0n) is 13.8. The summed E-state index contributed by atoms with van der Waals surface area (Å²) in [5, 5.41) is 0. The van der Waals surface area contributed by atoms with Crippen LogP contribution in [0.4, 0.5) is 4.39 Å². The standard InChI is InChI=1S/C19H22FN3O/c1-23-11-9-13(19(23)24)7-8-17(21)14-4-2-5-15(12-14)18-16(20)6-3-10-22-18/h2-6,10,12-13,17H,7-9,11,21H2,1H3. The van der Waals surface area contributed by atoms with Crippen molar-refractivity contribution in [1.29, 1.82) is 0 Å². The van der Waals surface area contributed by atoms with Crippen LogP contribution in [0.5, 0.6) is 0 Å². The molecular weight excluding hydrogens is 305 g/mol. The first kappa shape index (κ1) is 16.6. The molecule has 4 nitrogen and oxygen atoms in total. The second-order valence-electron chi connectivity index (χ2n) is 6.39. The van der Waals surface area contributed by atoms with Gasteiger partial charge in [0.05, 0.1) is 0 Å². The quantitative estimate of drug-likeness (QED) is 0.918. The fourth-order valence-electron chi connectivity index (χ4n) is 3.22. The van der Waals surface area contributed by atoms with Gasteiger partial charge in [-0.2, -0.15) is 0 Å². The van der Waals surface area contributed by atoms with Crippen molar-refractivity contribution in [3.63, 3.8) is 0 Å². The zero-order chi connectivity index (χ0) is 17.1. The molecule has 0 saturated carbocycles. The smallest absolute Gasteiger partial charge is 0.225 e. The number of hydrogen-bond donors (Lipinski definition) is 1. The number of amides is 1. The van der Waals surface area contributed by atoms with E-state index >= 15 is 0 Å². The fraction of sp³-hybridized carbons (Fsp3) is 0.368. The number of rotatable bonds is 5. The minimum atomic E-state index is -0.345. The summed E-state index contributed by atoms with van der Waals surface area (Å²) in [6, 6.07) is 10.3. The van der Waals surface area contributed by atoms with Crippen molar-refractivity contribution >= 4 is 5.91 Å². The Hall–Kier alpha value is -2.27. The highest BCUT2D eigenvalue weighted by Gasteiger charge is 2.29. The molecular formula is C19H22FN3O. The fourth-order valence-corrected chi connectivity index (χ4v) is 3.22. The lowest BCUT2D eigenvalue weighted by Crippen LogP contribution is -2.23. The zero-order valence-corrected chi connectivity index (χ0v) is 13.8. The highest BCUT2D eigenvalue weighted by Crippen LogP contribution is 2.28. The van der Waals surface area contributed by atoms with Gasteiger partial charge in [0.1, 0.15) is 11.5 Å². The minimum Gasteiger partial charge on any atom is -0.345 e. The molecule has 2 heterocycles. The van der Waals surface area contributed by atoms with Crippen LogP contribution in [0, 0.1) is 11.7 Å². The van der Waals surface area contributed by atoms with Gasteiger partial charge in [0.25, 0.3) is 0 Å². The van der Waals surface area contributed by atoms with E-state index in [-0.39, 0.29) is 23.7 Å². The lowest BCUT2D eigenvalue weighted by molar-refractivity contribution is -0.130. The monoisotopic (exact) mass is 327 g/mol. The number of benzene rings is 1. The predicted molar refractivity (Wildman–Crippen MR) is 91.5 cm³/mol. The number of hydrogen-bond acceptors (Lipinski definition) is 3. The maximum Gasteiger partial charge on any atom is 0.225 e. The lowest BCUT2D eigenvalue weighted by Gasteiger charge is -2.16. The second-order valence-corrected chi connectivity index (χ2v) is 6.39. The molecule has 0 radical (unpaired) electrons. The van der Waals surface area contributed by atoms with Gasteiger partial charge in [-0.15, -0.1) is 0 Å². The molecule has 1 amide bonds. The van der Waals surface area contributed by atoms with E-state index in [9.17, 15) is 9.18 Å². The van der Waals surface area contributed by atoms with E-state index in [1.807, 2.05) is 31.3 Å². The molecule has 1 aromatic heterocycles. The van der Waals surface area contributed by atoms with Crippen molar-refractivity contribution in [1.82, 2.24) is 9.88 Å². The number of pyridine rings is 1. The van der Waals surface area contributed by atoms with Crippen molar-refractivity contribution in [2.24, 2.45) is 11.7 Å². The van der Waals surface area contributed by atoms with Crippen molar-refractivity contribution < 1.29 is 9.18 Å². The summed E-state index contributed by atoms with van der Waals surface area (Å²) in [4.78, 5) is 17.9. The third-order valence-corrected chi connectivity index (χ3v) is 4.71. The van der Waals surface area contributed by atoms with E-state index < -0.39 is 0 Å². The SMILES string of the molecule is CN1CCC(CCC(N)c2cccc(-c3ncccc3F)c2)C1=O. The van der Waals surface area contributed by atoms with Crippen LogP contribution in [0.25, 0.3) is 11.3 Å². The first-order valence-electron chi connectivity index (χ1n) is 8.27. The molecule has 1 aliphatic heterocycles. The number of carbonyl (C=O) groups excluding carboxylic acids is 1. The Morgan fingerprint density at radius 3 is 2.92 bits per heavy atom. The molecule has 1 aliphatic rings. The van der Waals surface area contributed by atoms with Gasteiger partial charge in [-0.25, -0.2) is 4.39 Å². The average Bonchev–Trinajstić information content (AvgIpc) is 2.92. The topological polar surface area (TPSA) is 59.2 Å². The molecule has 0 aliphatic carbocycles. The Bertz CT molecular complexity index is 734. The largest absolute Gasteiger partial charge is 0.345 e. The minimum absolute atomic E-state index is 0.0810. The summed E-state index contributed by atoms with van der Waals surface area (Å²) in [6.45, 7) is 0.827. The Balaban J connectivity index is 1.70. The molecule has 0 spiro atoms. The van der Waals surface area contributed by atoms with E-state index in [4.69, 9.17) is 5.73 Å². The van der Waals surface area contributed by atoms with Gasteiger partial charge in [0.15, 0.2) is 0 Å². The highest BCUT2D eigenvalue weighted by atomic mass is 19.1. The highest BCUT2D eigenvalue weighted by molar-refractivity contribution is 5.80. The van der Waals surface area contributed by atoms with Crippen LogP contribution in [-0.4, -0.2) is 29.4 Å². The van der Waals surface area contributed by atoms with E-state index in [1.165, 1.54) is 6.07 Å². The molecule has 24 heavy (non-hydrogen) atoms. The number of carbonyl (C=O) groups is 1. The molecule has 2 N–H and O–H groups in total. The van der Waals surface area contributed by atoms with E-state index in [1.54, 1.807) is 17.2 Å². The van der Waals surface area contributed by atoms with Crippen LogP contribution < -0.4 is 5.73 Å². The first-order chi connectivity index (χ1) is 11.6.